The fraction of sp³-hybridized carbons (Fsp3) is 0.556. The molecule has 132 valence electrons. The number of fused-ring (bicyclic) bond motifs is 1. The Morgan fingerprint density at radius 2 is 2.12 bits per heavy atom. The number of carbonyl (C=O) groups excluding carboxylic acids is 1. The SMILES string of the molecule is CCCN(CCC)C1CCc2c(ccc(NC(=O)C=NO)c2Br)C1. The predicted molar refractivity (Wildman–Crippen MR) is 101 cm³/mol. The van der Waals surface area contributed by atoms with Crippen molar-refractivity contribution >= 4 is 33.7 Å². The molecule has 0 spiro atoms. The van der Waals surface area contributed by atoms with Gasteiger partial charge >= 0.3 is 0 Å². The number of oxime groups is 1. The molecule has 0 aromatic heterocycles. The molecule has 0 bridgehead atoms. The molecule has 0 fully saturated rings. The third kappa shape index (κ3) is 4.57. The van der Waals surface area contributed by atoms with Crippen molar-refractivity contribution in [1.29, 1.82) is 0 Å². The standard InChI is InChI=1S/C18H26BrN3O2/c1-3-9-22(10-4-2)14-6-7-15-13(11-14)5-8-16(18(15)19)21-17(23)12-20-24/h5,8,12,14,24H,3-4,6-7,9-11H2,1-2H3,(H,21,23). The summed E-state index contributed by atoms with van der Waals surface area (Å²) in [5, 5.41) is 13.9. The minimum atomic E-state index is -0.441. The minimum absolute atomic E-state index is 0.441. The lowest BCUT2D eigenvalue weighted by molar-refractivity contribution is -0.110. The summed E-state index contributed by atoms with van der Waals surface area (Å²) in [5.41, 5.74) is 3.35. The highest BCUT2D eigenvalue weighted by atomic mass is 79.9. The third-order valence-electron chi connectivity index (χ3n) is 4.49. The van der Waals surface area contributed by atoms with E-state index in [1.807, 2.05) is 6.07 Å². The smallest absolute Gasteiger partial charge is 0.270 e. The van der Waals surface area contributed by atoms with Crippen LogP contribution < -0.4 is 5.32 Å². The number of nitrogens with one attached hydrogen (secondary N) is 1. The lowest BCUT2D eigenvalue weighted by atomic mass is 9.87. The molecule has 0 heterocycles. The molecule has 0 aliphatic heterocycles. The van der Waals surface area contributed by atoms with E-state index in [9.17, 15) is 4.79 Å². The highest BCUT2D eigenvalue weighted by Gasteiger charge is 2.25. The summed E-state index contributed by atoms with van der Waals surface area (Å²) >= 11 is 3.63. The van der Waals surface area contributed by atoms with Crippen molar-refractivity contribution in [3.8, 4) is 0 Å². The van der Waals surface area contributed by atoms with E-state index in [0.29, 0.717) is 6.04 Å². The first-order valence-electron chi connectivity index (χ1n) is 8.63. The number of halogens is 1. The zero-order valence-electron chi connectivity index (χ0n) is 14.4. The summed E-state index contributed by atoms with van der Waals surface area (Å²) in [7, 11) is 0. The van der Waals surface area contributed by atoms with Crippen LogP contribution in [0.1, 0.15) is 44.2 Å². The van der Waals surface area contributed by atoms with Gasteiger partial charge in [0.2, 0.25) is 0 Å². The number of carbonyl (C=O) groups is 1. The average molecular weight is 396 g/mol. The molecule has 1 unspecified atom stereocenters. The van der Waals surface area contributed by atoms with E-state index in [0.717, 1.165) is 48.7 Å². The number of amides is 1. The van der Waals surface area contributed by atoms with E-state index in [1.165, 1.54) is 24.0 Å². The number of hydrogen-bond donors (Lipinski definition) is 2. The Morgan fingerprint density at radius 1 is 1.42 bits per heavy atom. The zero-order valence-corrected chi connectivity index (χ0v) is 16.0. The van der Waals surface area contributed by atoms with Gasteiger partial charge in [0.1, 0.15) is 6.21 Å². The number of hydrogen-bond acceptors (Lipinski definition) is 4. The molecule has 24 heavy (non-hydrogen) atoms. The van der Waals surface area contributed by atoms with E-state index in [4.69, 9.17) is 5.21 Å². The molecule has 0 saturated heterocycles. The Bertz CT molecular complexity index is 598. The van der Waals surface area contributed by atoms with E-state index in [-0.39, 0.29) is 0 Å². The van der Waals surface area contributed by atoms with E-state index in [2.05, 4.69) is 51.2 Å². The van der Waals surface area contributed by atoms with Gasteiger partial charge in [-0.3, -0.25) is 4.79 Å². The first-order chi connectivity index (χ1) is 11.6. The summed E-state index contributed by atoms with van der Waals surface area (Å²) in [6.45, 7) is 6.79. The molecule has 0 saturated carbocycles. The van der Waals surface area contributed by atoms with Gasteiger partial charge in [-0.2, -0.15) is 0 Å². The van der Waals surface area contributed by atoms with Crippen molar-refractivity contribution in [3.05, 3.63) is 27.7 Å². The van der Waals surface area contributed by atoms with Gasteiger partial charge in [0.05, 0.1) is 5.69 Å². The number of rotatable bonds is 7. The van der Waals surface area contributed by atoms with Crippen molar-refractivity contribution in [2.24, 2.45) is 5.16 Å². The number of nitrogens with zero attached hydrogens (tertiary/aromatic N) is 2. The molecule has 1 amide bonds. The minimum Gasteiger partial charge on any atom is -0.411 e. The molecule has 1 aromatic carbocycles. The zero-order chi connectivity index (χ0) is 17.5. The van der Waals surface area contributed by atoms with Crippen LogP contribution in [-0.2, 0) is 17.6 Å². The van der Waals surface area contributed by atoms with Gasteiger partial charge in [-0.1, -0.05) is 25.1 Å². The summed E-state index contributed by atoms with van der Waals surface area (Å²) in [4.78, 5) is 14.2. The molecule has 6 heteroatoms. The van der Waals surface area contributed by atoms with Gasteiger partial charge < -0.3 is 15.4 Å². The van der Waals surface area contributed by atoms with Gasteiger partial charge in [0.15, 0.2) is 0 Å². The number of anilines is 1. The first-order valence-corrected chi connectivity index (χ1v) is 9.42. The van der Waals surface area contributed by atoms with Crippen LogP contribution in [-0.4, -0.2) is 41.4 Å². The average Bonchev–Trinajstić information content (AvgIpc) is 2.57. The fourth-order valence-corrected chi connectivity index (χ4v) is 4.15. The lowest BCUT2D eigenvalue weighted by Gasteiger charge is -2.35. The maximum Gasteiger partial charge on any atom is 0.270 e. The quantitative estimate of drug-likeness (QED) is 0.418. The molecule has 1 aliphatic carbocycles. The summed E-state index contributed by atoms with van der Waals surface area (Å²) in [6, 6.07) is 4.62. The van der Waals surface area contributed by atoms with Crippen molar-refractivity contribution in [2.45, 2.75) is 52.0 Å². The Balaban J connectivity index is 2.15. The van der Waals surface area contributed by atoms with Crippen LogP contribution in [0.4, 0.5) is 5.69 Å². The largest absolute Gasteiger partial charge is 0.411 e. The van der Waals surface area contributed by atoms with Crippen LogP contribution in [0.3, 0.4) is 0 Å². The second kappa shape index (κ2) is 9.18. The second-order valence-electron chi connectivity index (χ2n) is 6.23. The summed E-state index contributed by atoms with van der Waals surface area (Å²) in [6.07, 6.45) is 6.42. The molecule has 2 rings (SSSR count). The Morgan fingerprint density at radius 3 is 2.75 bits per heavy atom. The van der Waals surface area contributed by atoms with E-state index < -0.39 is 5.91 Å². The second-order valence-corrected chi connectivity index (χ2v) is 7.02. The van der Waals surface area contributed by atoms with Crippen LogP contribution in [0.5, 0.6) is 0 Å². The van der Waals surface area contributed by atoms with Gasteiger partial charge in [-0.15, -0.1) is 0 Å². The maximum absolute atomic E-state index is 11.6. The fourth-order valence-electron chi connectivity index (χ4n) is 3.47. The lowest BCUT2D eigenvalue weighted by Crippen LogP contribution is -2.40. The van der Waals surface area contributed by atoms with E-state index >= 15 is 0 Å². The predicted octanol–water partition coefficient (Wildman–Crippen LogP) is 3.83. The molecule has 0 radical (unpaired) electrons. The van der Waals surface area contributed by atoms with Crippen LogP contribution in [0.25, 0.3) is 0 Å². The molecular weight excluding hydrogens is 370 g/mol. The van der Waals surface area contributed by atoms with Crippen molar-refractivity contribution < 1.29 is 10.0 Å². The topological polar surface area (TPSA) is 64.9 Å². The van der Waals surface area contributed by atoms with Gasteiger partial charge in [0.25, 0.3) is 5.91 Å². The molecular formula is C18H26BrN3O2. The number of benzene rings is 1. The highest BCUT2D eigenvalue weighted by molar-refractivity contribution is 9.10. The Hall–Kier alpha value is -1.40. The van der Waals surface area contributed by atoms with Crippen LogP contribution >= 0.6 is 15.9 Å². The van der Waals surface area contributed by atoms with Gasteiger partial charge in [0, 0.05) is 10.5 Å². The highest BCUT2D eigenvalue weighted by Crippen LogP contribution is 2.35. The summed E-state index contributed by atoms with van der Waals surface area (Å²) in [5.74, 6) is -0.441. The molecule has 1 atom stereocenters. The monoisotopic (exact) mass is 395 g/mol. The molecule has 5 nitrogen and oxygen atoms in total. The maximum atomic E-state index is 11.6. The van der Waals surface area contributed by atoms with Gasteiger partial charge in [-0.05, 0) is 78.3 Å². The van der Waals surface area contributed by atoms with Crippen molar-refractivity contribution in [2.75, 3.05) is 18.4 Å². The van der Waals surface area contributed by atoms with Crippen LogP contribution in [0.2, 0.25) is 0 Å². The molecule has 1 aromatic rings. The summed E-state index contributed by atoms with van der Waals surface area (Å²) < 4.78 is 0.940. The Labute approximate surface area is 152 Å². The van der Waals surface area contributed by atoms with Crippen LogP contribution in [0.15, 0.2) is 21.8 Å². The third-order valence-corrected chi connectivity index (χ3v) is 5.40. The molecule has 1 aliphatic rings. The van der Waals surface area contributed by atoms with E-state index in [1.54, 1.807) is 0 Å². The Kier molecular flexibility index (Phi) is 7.24. The normalized spacial score (nSPS) is 17.2. The van der Waals surface area contributed by atoms with Crippen molar-refractivity contribution in [1.82, 2.24) is 4.90 Å². The van der Waals surface area contributed by atoms with Gasteiger partial charge in [-0.25, -0.2) is 0 Å². The first kappa shape index (κ1) is 18.9. The van der Waals surface area contributed by atoms with Crippen molar-refractivity contribution in [3.63, 3.8) is 0 Å². The van der Waals surface area contributed by atoms with Crippen LogP contribution in [0, 0.1) is 0 Å². The molecule has 2 N–H and O–H groups in total.